The summed E-state index contributed by atoms with van der Waals surface area (Å²) in [6.07, 6.45) is 0. The summed E-state index contributed by atoms with van der Waals surface area (Å²) in [4.78, 5) is 2.38. The highest BCUT2D eigenvalue weighted by Crippen LogP contribution is 2.51. The highest BCUT2D eigenvalue weighted by molar-refractivity contribution is 7.25. The lowest BCUT2D eigenvalue weighted by molar-refractivity contribution is 0.660. The third kappa shape index (κ3) is 4.60. The molecule has 1 heterocycles. The van der Waals surface area contributed by atoms with Crippen LogP contribution in [0.15, 0.2) is 164 Å². The number of nitrogens with zero attached hydrogens (tertiary/aromatic N) is 1. The molecule has 1 nitrogen and oxygen atoms in total. The van der Waals surface area contributed by atoms with Crippen molar-refractivity contribution in [3.63, 3.8) is 0 Å². The van der Waals surface area contributed by atoms with Crippen LogP contribution in [-0.4, -0.2) is 0 Å². The van der Waals surface area contributed by atoms with Crippen molar-refractivity contribution in [1.82, 2.24) is 0 Å². The molecule has 0 saturated heterocycles. The number of benzene rings is 7. The fourth-order valence-corrected chi connectivity index (χ4v) is 8.49. The van der Waals surface area contributed by atoms with E-state index in [-0.39, 0.29) is 5.41 Å². The highest BCUT2D eigenvalue weighted by Gasteiger charge is 2.36. The fourth-order valence-electron chi connectivity index (χ4n) is 7.41. The zero-order valence-electron chi connectivity index (χ0n) is 26.4. The van der Waals surface area contributed by atoms with E-state index in [0.29, 0.717) is 0 Å². The minimum atomic E-state index is -0.123. The lowest BCUT2D eigenvalue weighted by Crippen LogP contribution is -2.16. The molecule has 1 aliphatic rings. The quantitative estimate of drug-likeness (QED) is 0.185. The van der Waals surface area contributed by atoms with E-state index in [4.69, 9.17) is 0 Å². The van der Waals surface area contributed by atoms with E-state index >= 15 is 0 Å². The molecule has 0 atom stereocenters. The summed E-state index contributed by atoms with van der Waals surface area (Å²) in [7, 11) is 0. The van der Waals surface area contributed by atoms with Gasteiger partial charge in [-0.2, -0.15) is 0 Å². The zero-order chi connectivity index (χ0) is 31.5. The molecule has 0 saturated carbocycles. The predicted molar refractivity (Wildman–Crippen MR) is 202 cm³/mol. The second-order valence-electron chi connectivity index (χ2n) is 13.0. The van der Waals surface area contributed by atoms with E-state index in [1.807, 2.05) is 11.3 Å². The first-order chi connectivity index (χ1) is 23.0. The molecule has 0 bridgehead atoms. The Morgan fingerprint density at radius 3 is 1.72 bits per heavy atom. The van der Waals surface area contributed by atoms with Crippen LogP contribution in [0.4, 0.5) is 17.1 Å². The third-order valence-corrected chi connectivity index (χ3v) is 11.0. The molecule has 0 unspecified atom stereocenters. The molecular weight excluding hydrogens is 587 g/mol. The van der Waals surface area contributed by atoms with Gasteiger partial charge in [-0.15, -0.1) is 11.3 Å². The maximum atomic E-state index is 2.41. The molecule has 0 fully saturated rings. The van der Waals surface area contributed by atoms with Crippen molar-refractivity contribution in [2.45, 2.75) is 19.3 Å². The number of fused-ring (bicyclic) bond motifs is 6. The first kappa shape index (κ1) is 27.8. The van der Waals surface area contributed by atoms with E-state index in [1.165, 1.54) is 64.7 Å². The van der Waals surface area contributed by atoms with Crippen LogP contribution in [0.3, 0.4) is 0 Å². The molecule has 0 amide bonds. The van der Waals surface area contributed by atoms with Gasteiger partial charge in [-0.25, -0.2) is 0 Å². The molecular formula is C45H33NS. The van der Waals surface area contributed by atoms with Crippen molar-refractivity contribution in [3.05, 3.63) is 175 Å². The summed E-state index contributed by atoms with van der Waals surface area (Å²) in [6.45, 7) is 4.73. The number of hydrogen-bond acceptors (Lipinski definition) is 2. The predicted octanol–water partition coefficient (Wildman–Crippen LogP) is 13.2. The van der Waals surface area contributed by atoms with Gasteiger partial charge in [-0.05, 0) is 105 Å². The summed E-state index contributed by atoms with van der Waals surface area (Å²) < 4.78 is 2.67. The SMILES string of the molecule is CC1(C)c2cc(-c3ccccc3)ccc2-c2ccc(N(c3ccccc3)c3ccc(-c4ccc5sc6ccccc6c5c4)cc3)cc21. The van der Waals surface area contributed by atoms with Crippen molar-refractivity contribution in [3.8, 4) is 33.4 Å². The van der Waals surface area contributed by atoms with Crippen LogP contribution in [0, 0.1) is 0 Å². The first-order valence-corrected chi connectivity index (χ1v) is 17.1. The Labute approximate surface area is 280 Å². The molecule has 1 aliphatic carbocycles. The minimum absolute atomic E-state index is 0.123. The summed E-state index contributed by atoms with van der Waals surface area (Å²) in [5.74, 6) is 0. The normalized spacial score (nSPS) is 13.1. The van der Waals surface area contributed by atoms with Gasteiger partial charge in [0.15, 0.2) is 0 Å². The zero-order valence-corrected chi connectivity index (χ0v) is 27.3. The van der Waals surface area contributed by atoms with Crippen LogP contribution in [0.25, 0.3) is 53.6 Å². The van der Waals surface area contributed by atoms with Gasteiger partial charge >= 0.3 is 0 Å². The van der Waals surface area contributed by atoms with Gasteiger partial charge in [0.1, 0.15) is 0 Å². The maximum Gasteiger partial charge on any atom is 0.0465 e. The summed E-state index contributed by atoms with van der Waals surface area (Å²) in [5, 5.41) is 2.66. The van der Waals surface area contributed by atoms with Gasteiger partial charge in [0.05, 0.1) is 0 Å². The smallest absolute Gasteiger partial charge is 0.0465 e. The van der Waals surface area contributed by atoms with Gasteiger partial charge in [0, 0.05) is 42.6 Å². The van der Waals surface area contributed by atoms with Crippen molar-refractivity contribution in [2.75, 3.05) is 4.90 Å². The number of hydrogen-bond donors (Lipinski definition) is 0. The summed E-state index contributed by atoms with van der Waals surface area (Å²) in [6, 6.07) is 60.0. The van der Waals surface area contributed by atoms with Crippen LogP contribution in [0.5, 0.6) is 0 Å². The van der Waals surface area contributed by atoms with E-state index in [2.05, 4.69) is 183 Å². The first-order valence-electron chi connectivity index (χ1n) is 16.3. The van der Waals surface area contributed by atoms with E-state index in [1.54, 1.807) is 0 Å². The fraction of sp³-hybridized carbons (Fsp3) is 0.0667. The van der Waals surface area contributed by atoms with Gasteiger partial charge in [-0.3, -0.25) is 0 Å². The largest absolute Gasteiger partial charge is 0.310 e. The summed E-state index contributed by atoms with van der Waals surface area (Å²) >= 11 is 1.86. The van der Waals surface area contributed by atoms with Gasteiger partial charge in [0.2, 0.25) is 0 Å². The Balaban J connectivity index is 1.11. The van der Waals surface area contributed by atoms with Crippen LogP contribution in [0.1, 0.15) is 25.0 Å². The summed E-state index contributed by atoms with van der Waals surface area (Å²) in [5.41, 5.74) is 13.7. The Bertz CT molecular complexity index is 2420. The number of rotatable bonds is 5. The van der Waals surface area contributed by atoms with Gasteiger partial charge in [0.25, 0.3) is 0 Å². The second-order valence-corrected chi connectivity index (χ2v) is 14.1. The molecule has 0 aliphatic heterocycles. The van der Waals surface area contributed by atoms with Gasteiger partial charge < -0.3 is 4.90 Å². The minimum Gasteiger partial charge on any atom is -0.310 e. The van der Waals surface area contributed by atoms with E-state index < -0.39 is 0 Å². The topological polar surface area (TPSA) is 3.24 Å². The molecule has 0 radical (unpaired) electrons. The number of para-hydroxylation sites is 1. The number of thiophene rings is 1. The van der Waals surface area contributed by atoms with Crippen LogP contribution < -0.4 is 4.90 Å². The van der Waals surface area contributed by atoms with E-state index in [9.17, 15) is 0 Å². The Morgan fingerprint density at radius 2 is 0.936 bits per heavy atom. The lowest BCUT2D eigenvalue weighted by atomic mass is 9.81. The Morgan fingerprint density at radius 1 is 0.404 bits per heavy atom. The molecule has 47 heavy (non-hydrogen) atoms. The lowest BCUT2D eigenvalue weighted by Gasteiger charge is -2.28. The molecule has 1 aromatic heterocycles. The van der Waals surface area contributed by atoms with Crippen molar-refractivity contribution < 1.29 is 0 Å². The third-order valence-electron chi connectivity index (χ3n) is 9.87. The molecule has 0 N–H and O–H groups in total. The van der Waals surface area contributed by atoms with Crippen LogP contribution >= 0.6 is 11.3 Å². The Kier molecular flexibility index (Phi) is 6.41. The van der Waals surface area contributed by atoms with Crippen molar-refractivity contribution >= 4 is 48.6 Å². The molecule has 9 rings (SSSR count). The standard InChI is InChI=1S/C45H33NS/c1-45(2)41-28-33(30-11-5-3-6-12-30)19-24-37(41)38-25-23-36(29-42(38)45)46(34-13-7-4-8-14-34)35-21-17-31(18-22-35)32-20-26-44-40(27-32)39-15-9-10-16-43(39)47-44/h3-29H,1-2H3. The highest BCUT2D eigenvalue weighted by atomic mass is 32.1. The van der Waals surface area contributed by atoms with Crippen LogP contribution in [0.2, 0.25) is 0 Å². The van der Waals surface area contributed by atoms with Crippen molar-refractivity contribution in [2.24, 2.45) is 0 Å². The second kappa shape index (κ2) is 10.8. The van der Waals surface area contributed by atoms with Crippen LogP contribution in [-0.2, 0) is 5.41 Å². The van der Waals surface area contributed by atoms with Crippen molar-refractivity contribution in [1.29, 1.82) is 0 Å². The average Bonchev–Trinajstić information content (AvgIpc) is 3.61. The average molecular weight is 620 g/mol. The molecule has 7 aromatic carbocycles. The molecule has 8 aromatic rings. The van der Waals surface area contributed by atoms with Gasteiger partial charge in [-0.1, -0.05) is 117 Å². The van der Waals surface area contributed by atoms with E-state index in [0.717, 1.165) is 17.1 Å². The molecule has 224 valence electrons. The monoisotopic (exact) mass is 619 g/mol. The number of anilines is 3. The Hall–Kier alpha value is -5.44. The molecule has 0 spiro atoms. The maximum absolute atomic E-state index is 2.41. The molecule has 2 heteroatoms.